The van der Waals surface area contributed by atoms with Crippen LogP contribution in [0.3, 0.4) is 0 Å². The number of primary amides is 1. The predicted octanol–water partition coefficient (Wildman–Crippen LogP) is 0.942. The first-order valence-corrected chi connectivity index (χ1v) is 5.12. The van der Waals surface area contributed by atoms with Crippen molar-refractivity contribution in [3.8, 4) is 0 Å². The molecule has 0 spiro atoms. The summed E-state index contributed by atoms with van der Waals surface area (Å²) in [6.45, 7) is 0. The van der Waals surface area contributed by atoms with Gasteiger partial charge in [0.1, 0.15) is 5.78 Å². The molecule has 0 heterocycles. The second kappa shape index (κ2) is 2.69. The molecule has 0 bridgehead atoms. The van der Waals surface area contributed by atoms with Gasteiger partial charge < -0.3 is 5.73 Å². The summed E-state index contributed by atoms with van der Waals surface area (Å²) in [5, 5.41) is 0. The highest BCUT2D eigenvalue weighted by molar-refractivity contribution is 6.06. The number of hydrogen-bond donors (Lipinski definition) is 1. The molecular formula is C12H11NO2. The molecule has 3 nitrogen and oxygen atoms in total. The van der Waals surface area contributed by atoms with Gasteiger partial charge in [0.15, 0.2) is 0 Å². The molecular weight excluding hydrogens is 190 g/mol. The number of fused-ring (bicyclic) bond motifs is 3. The smallest absolute Gasteiger partial charge is 0.224 e. The normalized spacial score (nSPS) is 31.7. The first-order valence-electron chi connectivity index (χ1n) is 5.12. The molecule has 0 saturated heterocycles. The van der Waals surface area contributed by atoms with Gasteiger partial charge in [-0.3, -0.25) is 9.59 Å². The van der Waals surface area contributed by atoms with Crippen molar-refractivity contribution >= 4 is 11.7 Å². The fourth-order valence-electron chi connectivity index (χ4n) is 2.68. The third kappa shape index (κ3) is 1.06. The fraction of sp³-hybridized carbons (Fsp3) is 0.333. The van der Waals surface area contributed by atoms with E-state index in [0.29, 0.717) is 6.42 Å². The number of carbonyl (C=O) groups is 2. The van der Waals surface area contributed by atoms with Crippen molar-refractivity contribution in [2.24, 2.45) is 11.7 Å². The van der Waals surface area contributed by atoms with E-state index in [1.807, 2.05) is 24.3 Å². The van der Waals surface area contributed by atoms with Crippen molar-refractivity contribution in [1.82, 2.24) is 0 Å². The maximum atomic E-state index is 11.5. The molecule has 3 unspecified atom stereocenters. The van der Waals surface area contributed by atoms with Crippen molar-refractivity contribution in [3.63, 3.8) is 0 Å². The molecule has 2 aliphatic carbocycles. The van der Waals surface area contributed by atoms with Gasteiger partial charge in [-0.1, -0.05) is 24.3 Å². The summed E-state index contributed by atoms with van der Waals surface area (Å²) in [6.07, 6.45) is 0.607. The molecule has 3 atom stereocenters. The second-order valence-electron chi connectivity index (χ2n) is 4.31. The Labute approximate surface area is 87.3 Å². The zero-order valence-corrected chi connectivity index (χ0v) is 8.14. The summed E-state index contributed by atoms with van der Waals surface area (Å²) >= 11 is 0. The fourth-order valence-corrected chi connectivity index (χ4v) is 2.68. The van der Waals surface area contributed by atoms with E-state index in [9.17, 15) is 9.59 Å². The minimum atomic E-state index is -0.319. The van der Waals surface area contributed by atoms with E-state index in [4.69, 9.17) is 5.73 Å². The number of benzene rings is 1. The highest BCUT2D eigenvalue weighted by atomic mass is 16.1. The summed E-state index contributed by atoms with van der Waals surface area (Å²) in [6, 6.07) is 7.65. The first kappa shape index (κ1) is 8.65. The van der Waals surface area contributed by atoms with Crippen LogP contribution in [-0.4, -0.2) is 11.7 Å². The van der Waals surface area contributed by atoms with E-state index in [1.165, 1.54) is 0 Å². The van der Waals surface area contributed by atoms with Crippen LogP contribution in [0, 0.1) is 5.92 Å². The summed E-state index contributed by atoms with van der Waals surface area (Å²) in [7, 11) is 0. The van der Waals surface area contributed by atoms with Crippen molar-refractivity contribution in [3.05, 3.63) is 35.4 Å². The van der Waals surface area contributed by atoms with Gasteiger partial charge in [-0.05, 0) is 17.5 Å². The quantitative estimate of drug-likeness (QED) is 0.735. The Hall–Kier alpha value is -1.64. The lowest BCUT2D eigenvalue weighted by molar-refractivity contribution is -0.119. The van der Waals surface area contributed by atoms with Gasteiger partial charge >= 0.3 is 0 Å². The number of ketones is 1. The lowest BCUT2D eigenvalue weighted by Gasteiger charge is -2.20. The van der Waals surface area contributed by atoms with Crippen LogP contribution in [-0.2, 0) is 9.59 Å². The zero-order chi connectivity index (χ0) is 10.6. The van der Waals surface area contributed by atoms with E-state index >= 15 is 0 Å². The molecule has 76 valence electrons. The molecule has 2 aliphatic rings. The Kier molecular flexibility index (Phi) is 1.55. The van der Waals surface area contributed by atoms with Gasteiger partial charge in [0.05, 0.1) is 11.8 Å². The van der Waals surface area contributed by atoms with Crippen LogP contribution in [0.15, 0.2) is 24.3 Å². The molecule has 0 radical (unpaired) electrons. The Morgan fingerprint density at radius 1 is 1.27 bits per heavy atom. The third-order valence-electron chi connectivity index (χ3n) is 3.50. The Morgan fingerprint density at radius 3 is 2.60 bits per heavy atom. The van der Waals surface area contributed by atoms with E-state index in [2.05, 4.69) is 0 Å². The van der Waals surface area contributed by atoms with Gasteiger partial charge in [-0.25, -0.2) is 0 Å². The molecule has 1 fully saturated rings. The number of nitrogens with two attached hydrogens (primary N) is 1. The van der Waals surface area contributed by atoms with E-state index < -0.39 is 0 Å². The maximum absolute atomic E-state index is 11.5. The molecule has 3 rings (SSSR count). The van der Waals surface area contributed by atoms with E-state index in [1.54, 1.807) is 0 Å². The Balaban J connectivity index is 2.13. The van der Waals surface area contributed by atoms with Crippen LogP contribution in [0.5, 0.6) is 0 Å². The molecule has 2 N–H and O–H groups in total. The highest BCUT2D eigenvalue weighted by Crippen LogP contribution is 2.54. The number of rotatable bonds is 1. The number of amides is 1. The summed E-state index contributed by atoms with van der Waals surface area (Å²) in [4.78, 5) is 22.8. The number of hydrogen-bond acceptors (Lipinski definition) is 2. The molecule has 1 aromatic rings. The van der Waals surface area contributed by atoms with Gasteiger partial charge in [-0.15, -0.1) is 0 Å². The average molecular weight is 201 g/mol. The average Bonchev–Trinajstić information content (AvgIpc) is 2.89. The molecule has 1 aromatic carbocycles. The van der Waals surface area contributed by atoms with Crippen LogP contribution in [0.1, 0.15) is 29.4 Å². The van der Waals surface area contributed by atoms with Gasteiger partial charge in [-0.2, -0.15) is 0 Å². The Bertz CT molecular complexity index is 466. The molecule has 1 amide bonds. The van der Waals surface area contributed by atoms with Crippen LogP contribution in [0.2, 0.25) is 0 Å². The van der Waals surface area contributed by atoms with Crippen LogP contribution in [0.25, 0.3) is 0 Å². The van der Waals surface area contributed by atoms with E-state index in [0.717, 1.165) is 11.1 Å². The first-order chi connectivity index (χ1) is 7.20. The van der Waals surface area contributed by atoms with Crippen molar-refractivity contribution in [1.29, 1.82) is 0 Å². The summed E-state index contributed by atoms with van der Waals surface area (Å²) in [5.41, 5.74) is 7.33. The standard InChI is InChI=1S/C12H11NO2/c13-12(15)8-5-9-10(11(9)14)7-4-2-1-3-6(7)8/h1-4,8-10H,5H2,(H2,13,15). The molecule has 15 heavy (non-hydrogen) atoms. The SMILES string of the molecule is NC(=O)C1CC2C(=O)C2c2ccccc21. The van der Waals surface area contributed by atoms with Gasteiger partial charge in [0.25, 0.3) is 0 Å². The lowest BCUT2D eigenvalue weighted by atomic mass is 9.82. The van der Waals surface area contributed by atoms with E-state index in [-0.39, 0.29) is 29.4 Å². The van der Waals surface area contributed by atoms with Gasteiger partial charge in [0.2, 0.25) is 5.91 Å². The molecule has 0 aliphatic heterocycles. The topological polar surface area (TPSA) is 60.2 Å². The zero-order valence-electron chi connectivity index (χ0n) is 8.14. The van der Waals surface area contributed by atoms with Crippen LogP contribution >= 0.6 is 0 Å². The number of carbonyl (C=O) groups excluding carboxylic acids is 2. The Morgan fingerprint density at radius 2 is 1.93 bits per heavy atom. The van der Waals surface area contributed by atoms with Crippen molar-refractivity contribution in [2.75, 3.05) is 0 Å². The van der Waals surface area contributed by atoms with Crippen LogP contribution < -0.4 is 5.73 Å². The van der Waals surface area contributed by atoms with Crippen molar-refractivity contribution in [2.45, 2.75) is 18.3 Å². The largest absolute Gasteiger partial charge is 0.369 e. The highest BCUT2D eigenvalue weighted by Gasteiger charge is 2.55. The molecule has 1 saturated carbocycles. The predicted molar refractivity (Wildman–Crippen MR) is 54.2 cm³/mol. The summed E-state index contributed by atoms with van der Waals surface area (Å²) < 4.78 is 0. The lowest BCUT2D eigenvalue weighted by Crippen LogP contribution is -2.24. The maximum Gasteiger partial charge on any atom is 0.224 e. The van der Waals surface area contributed by atoms with Crippen LogP contribution in [0.4, 0.5) is 0 Å². The monoisotopic (exact) mass is 201 g/mol. The molecule has 3 heteroatoms. The van der Waals surface area contributed by atoms with Crippen molar-refractivity contribution < 1.29 is 9.59 Å². The third-order valence-corrected chi connectivity index (χ3v) is 3.50. The minimum absolute atomic E-state index is 0.0526. The number of Topliss-reactive ketones (excluding diaryl/α,β-unsaturated/α-hetero) is 1. The summed E-state index contributed by atoms with van der Waals surface area (Å²) in [5.74, 6) is -0.213. The van der Waals surface area contributed by atoms with Gasteiger partial charge in [0, 0.05) is 5.92 Å². The second-order valence-corrected chi connectivity index (χ2v) is 4.31. The minimum Gasteiger partial charge on any atom is -0.369 e. The molecule has 0 aromatic heterocycles.